The Hall–Kier alpha value is -3.26. The quantitative estimate of drug-likeness (QED) is 0.695. The fourth-order valence-electron chi connectivity index (χ4n) is 2.91. The van der Waals surface area contributed by atoms with E-state index in [0.29, 0.717) is 30.0 Å². The fourth-order valence-corrected chi connectivity index (χ4v) is 2.91. The maximum absolute atomic E-state index is 12.5. The van der Waals surface area contributed by atoms with Crippen LogP contribution in [0.25, 0.3) is 0 Å². The van der Waals surface area contributed by atoms with E-state index in [0.717, 1.165) is 19.4 Å². The number of aromatic nitrogens is 1. The van der Waals surface area contributed by atoms with Crippen molar-refractivity contribution >= 4 is 23.5 Å². The number of esters is 1. The molecule has 2 aromatic rings. The van der Waals surface area contributed by atoms with Crippen LogP contribution in [0.2, 0.25) is 0 Å². The molecule has 1 aromatic heterocycles. The SMILES string of the molecule is CCOC(=O)c1ccc(NC(=O)c2cncc(C(=O)NCC3CCCO3)c2)cc1. The first-order chi connectivity index (χ1) is 14.1. The molecule has 0 aliphatic carbocycles. The first-order valence-electron chi connectivity index (χ1n) is 9.50. The number of carbonyl (C=O) groups is 3. The molecule has 0 saturated carbocycles. The van der Waals surface area contributed by atoms with Gasteiger partial charge in [0, 0.05) is 31.2 Å². The van der Waals surface area contributed by atoms with Crippen molar-refractivity contribution in [2.45, 2.75) is 25.9 Å². The number of hydrogen-bond acceptors (Lipinski definition) is 6. The zero-order valence-electron chi connectivity index (χ0n) is 16.1. The molecular weight excluding hydrogens is 374 g/mol. The summed E-state index contributed by atoms with van der Waals surface area (Å²) in [7, 11) is 0. The van der Waals surface area contributed by atoms with Gasteiger partial charge in [-0.3, -0.25) is 14.6 Å². The van der Waals surface area contributed by atoms with Crippen LogP contribution < -0.4 is 10.6 Å². The summed E-state index contributed by atoms with van der Waals surface area (Å²) >= 11 is 0. The Morgan fingerprint density at radius 3 is 2.48 bits per heavy atom. The first-order valence-corrected chi connectivity index (χ1v) is 9.50. The van der Waals surface area contributed by atoms with Crippen LogP contribution in [0, 0.1) is 0 Å². The molecule has 8 nitrogen and oxygen atoms in total. The molecule has 1 aliphatic rings. The minimum absolute atomic E-state index is 0.0379. The Morgan fingerprint density at radius 1 is 1.10 bits per heavy atom. The van der Waals surface area contributed by atoms with E-state index < -0.39 is 11.9 Å². The molecule has 152 valence electrons. The summed E-state index contributed by atoms with van der Waals surface area (Å²) in [4.78, 5) is 40.5. The number of nitrogens with zero attached hydrogens (tertiary/aromatic N) is 1. The van der Waals surface area contributed by atoms with E-state index in [1.807, 2.05) is 0 Å². The molecule has 29 heavy (non-hydrogen) atoms. The van der Waals surface area contributed by atoms with E-state index in [1.165, 1.54) is 18.5 Å². The van der Waals surface area contributed by atoms with Crippen LogP contribution in [0.5, 0.6) is 0 Å². The first kappa shape index (κ1) is 20.5. The van der Waals surface area contributed by atoms with Crippen molar-refractivity contribution in [3.63, 3.8) is 0 Å². The number of anilines is 1. The van der Waals surface area contributed by atoms with Crippen LogP contribution in [0.4, 0.5) is 5.69 Å². The third-order valence-electron chi connectivity index (χ3n) is 4.43. The minimum Gasteiger partial charge on any atom is -0.462 e. The predicted molar refractivity (Wildman–Crippen MR) is 106 cm³/mol. The Morgan fingerprint density at radius 2 is 1.83 bits per heavy atom. The summed E-state index contributed by atoms with van der Waals surface area (Å²) < 4.78 is 10.4. The fraction of sp³-hybridized carbons (Fsp3) is 0.333. The van der Waals surface area contributed by atoms with Crippen molar-refractivity contribution in [1.82, 2.24) is 10.3 Å². The van der Waals surface area contributed by atoms with Crippen LogP contribution in [0.1, 0.15) is 50.8 Å². The number of hydrogen-bond donors (Lipinski definition) is 2. The Bertz CT molecular complexity index is 876. The smallest absolute Gasteiger partial charge is 0.338 e. The number of rotatable bonds is 7. The Labute approximate surface area is 168 Å². The summed E-state index contributed by atoms with van der Waals surface area (Å²) in [6, 6.07) is 7.84. The molecule has 1 aromatic carbocycles. The molecule has 0 bridgehead atoms. The third kappa shape index (κ3) is 5.61. The lowest BCUT2D eigenvalue weighted by atomic mass is 10.1. The number of pyridine rings is 1. The minimum atomic E-state index is -0.420. The Kier molecular flexibility index (Phi) is 6.91. The predicted octanol–water partition coefficient (Wildman–Crippen LogP) is 2.42. The topological polar surface area (TPSA) is 107 Å². The standard InChI is InChI=1S/C21H23N3O5/c1-2-28-21(27)14-5-7-17(8-6-14)24-20(26)16-10-15(11-22-12-16)19(25)23-13-18-4-3-9-29-18/h5-8,10-12,18H,2-4,9,13H2,1H3,(H,23,25)(H,24,26). The molecule has 8 heteroatoms. The monoisotopic (exact) mass is 397 g/mol. The maximum atomic E-state index is 12.5. The van der Waals surface area contributed by atoms with Crippen LogP contribution >= 0.6 is 0 Å². The van der Waals surface area contributed by atoms with Gasteiger partial charge in [-0.2, -0.15) is 0 Å². The second-order valence-corrected chi connectivity index (χ2v) is 6.56. The van der Waals surface area contributed by atoms with Crippen molar-refractivity contribution in [2.75, 3.05) is 25.1 Å². The highest BCUT2D eigenvalue weighted by Crippen LogP contribution is 2.14. The van der Waals surface area contributed by atoms with Crippen LogP contribution in [0.15, 0.2) is 42.7 Å². The number of nitrogens with one attached hydrogen (secondary N) is 2. The molecule has 0 radical (unpaired) electrons. The average molecular weight is 397 g/mol. The average Bonchev–Trinajstić information content (AvgIpc) is 3.26. The number of benzene rings is 1. The van der Waals surface area contributed by atoms with Crippen LogP contribution in [0.3, 0.4) is 0 Å². The maximum Gasteiger partial charge on any atom is 0.338 e. The van der Waals surface area contributed by atoms with Gasteiger partial charge in [0.2, 0.25) is 0 Å². The van der Waals surface area contributed by atoms with Crippen molar-refractivity contribution in [2.24, 2.45) is 0 Å². The van der Waals surface area contributed by atoms with E-state index in [9.17, 15) is 14.4 Å². The number of amides is 2. The van der Waals surface area contributed by atoms with Crippen molar-refractivity contribution < 1.29 is 23.9 Å². The lowest BCUT2D eigenvalue weighted by Gasteiger charge is -2.11. The van der Waals surface area contributed by atoms with Gasteiger partial charge >= 0.3 is 5.97 Å². The van der Waals surface area contributed by atoms with Gasteiger partial charge in [0.25, 0.3) is 11.8 Å². The number of carbonyl (C=O) groups excluding carboxylic acids is 3. The molecule has 1 fully saturated rings. The summed E-state index contributed by atoms with van der Waals surface area (Å²) in [5.41, 5.74) is 1.46. The van der Waals surface area contributed by atoms with E-state index in [4.69, 9.17) is 9.47 Å². The molecule has 1 atom stereocenters. The largest absolute Gasteiger partial charge is 0.462 e. The van der Waals surface area contributed by atoms with Gasteiger partial charge in [0.1, 0.15) is 0 Å². The molecule has 2 amide bonds. The van der Waals surface area contributed by atoms with E-state index >= 15 is 0 Å². The summed E-state index contributed by atoms with van der Waals surface area (Å²) in [6.45, 7) is 3.18. The molecule has 2 N–H and O–H groups in total. The number of ether oxygens (including phenoxy) is 2. The van der Waals surface area contributed by atoms with E-state index in [2.05, 4.69) is 15.6 Å². The third-order valence-corrected chi connectivity index (χ3v) is 4.43. The van der Waals surface area contributed by atoms with E-state index in [-0.39, 0.29) is 17.6 Å². The molecule has 2 heterocycles. The highest BCUT2D eigenvalue weighted by atomic mass is 16.5. The summed E-state index contributed by atoms with van der Waals surface area (Å²) in [6.07, 6.45) is 4.76. The zero-order chi connectivity index (χ0) is 20.6. The molecule has 0 spiro atoms. The van der Waals surface area contributed by atoms with Gasteiger partial charge in [-0.25, -0.2) is 4.79 Å². The summed E-state index contributed by atoms with van der Waals surface area (Å²) in [5.74, 6) is -1.13. The van der Waals surface area contributed by atoms with Crippen LogP contribution in [-0.4, -0.2) is 48.6 Å². The van der Waals surface area contributed by atoms with Crippen molar-refractivity contribution in [1.29, 1.82) is 0 Å². The van der Waals surface area contributed by atoms with Crippen LogP contribution in [-0.2, 0) is 9.47 Å². The molecule has 1 unspecified atom stereocenters. The second-order valence-electron chi connectivity index (χ2n) is 6.56. The van der Waals surface area contributed by atoms with Crippen molar-refractivity contribution in [3.8, 4) is 0 Å². The highest BCUT2D eigenvalue weighted by Gasteiger charge is 2.17. The van der Waals surface area contributed by atoms with Gasteiger partial charge in [0.15, 0.2) is 0 Å². The van der Waals surface area contributed by atoms with Gasteiger partial charge in [-0.05, 0) is 50.1 Å². The highest BCUT2D eigenvalue weighted by molar-refractivity contribution is 6.06. The van der Waals surface area contributed by atoms with Crippen molar-refractivity contribution in [3.05, 3.63) is 59.4 Å². The van der Waals surface area contributed by atoms with Gasteiger partial charge in [-0.15, -0.1) is 0 Å². The lowest BCUT2D eigenvalue weighted by molar-refractivity contribution is 0.0526. The molecule has 1 saturated heterocycles. The Balaban J connectivity index is 1.60. The molecule has 3 rings (SSSR count). The van der Waals surface area contributed by atoms with Gasteiger partial charge in [0.05, 0.1) is 29.4 Å². The summed E-state index contributed by atoms with van der Waals surface area (Å²) in [5, 5.41) is 5.52. The van der Waals surface area contributed by atoms with E-state index in [1.54, 1.807) is 31.2 Å². The van der Waals surface area contributed by atoms with Gasteiger partial charge in [-0.1, -0.05) is 0 Å². The lowest BCUT2D eigenvalue weighted by Crippen LogP contribution is -2.32. The normalized spacial score (nSPS) is 15.6. The molecule has 1 aliphatic heterocycles. The van der Waals surface area contributed by atoms with Gasteiger partial charge < -0.3 is 20.1 Å². The zero-order valence-corrected chi connectivity index (χ0v) is 16.1. The second kappa shape index (κ2) is 9.79. The molecular formula is C21H23N3O5.